The van der Waals surface area contributed by atoms with Crippen molar-refractivity contribution in [3.8, 4) is 17.3 Å². The summed E-state index contributed by atoms with van der Waals surface area (Å²) in [4.78, 5) is 2.29. The minimum absolute atomic E-state index is 0.272. The van der Waals surface area contributed by atoms with Crippen LogP contribution in [0.3, 0.4) is 0 Å². The van der Waals surface area contributed by atoms with Gasteiger partial charge in [0.05, 0.1) is 35.3 Å². The van der Waals surface area contributed by atoms with Gasteiger partial charge in [0.25, 0.3) is 0 Å². The average molecular weight is 466 g/mol. The highest BCUT2D eigenvalue weighted by Gasteiger charge is 2.25. The molecule has 2 atom stereocenters. The van der Waals surface area contributed by atoms with Crippen LogP contribution in [-0.4, -0.2) is 50.7 Å². The van der Waals surface area contributed by atoms with Gasteiger partial charge >= 0.3 is 0 Å². The fraction of sp³-hybridized carbons (Fsp3) is 0.464. The van der Waals surface area contributed by atoms with Gasteiger partial charge in [0, 0.05) is 19.1 Å². The summed E-state index contributed by atoms with van der Waals surface area (Å²) in [6.45, 7) is 13.8. The smallest absolute Gasteiger partial charge is 0.227 e. The Labute approximate surface area is 204 Å². The Kier molecular flexibility index (Phi) is 8.89. The van der Waals surface area contributed by atoms with Gasteiger partial charge in [-0.1, -0.05) is 43.3 Å². The second kappa shape index (κ2) is 11.6. The van der Waals surface area contributed by atoms with Crippen molar-refractivity contribution in [1.29, 1.82) is 0 Å². The molecule has 1 N–H and O–H groups in total. The van der Waals surface area contributed by atoms with Gasteiger partial charge in [0.2, 0.25) is 5.88 Å². The van der Waals surface area contributed by atoms with Crippen LogP contribution >= 0.6 is 0 Å². The number of hydrogen-bond donors (Lipinski definition) is 1. The van der Waals surface area contributed by atoms with Crippen LogP contribution in [0.15, 0.2) is 60.7 Å². The number of nitrogens with zero attached hydrogens (tertiary/aromatic N) is 3. The van der Waals surface area contributed by atoms with E-state index < -0.39 is 6.10 Å². The molecule has 0 aliphatic carbocycles. The van der Waals surface area contributed by atoms with Gasteiger partial charge in [0.1, 0.15) is 5.75 Å². The van der Waals surface area contributed by atoms with E-state index in [-0.39, 0.29) is 11.6 Å². The molecule has 0 amide bonds. The van der Waals surface area contributed by atoms with Crippen molar-refractivity contribution >= 4 is 0 Å². The Morgan fingerprint density at radius 2 is 1.65 bits per heavy atom. The predicted molar refractivity (Wildman–Crippen MR) is 137 cm³/mol. The minimum atomic E-state index is -0.587. The van der Waals surface area contributed by atoms with Gasteiger partial charge in [-0.3, -0.25) is 4.90 Å². The van der Waals surface area contributed by atoms with Crippen LogP contribution in [0.1, 0.15) is 52.3 Å². The maximum Gasteiger partial charge on any atom is 0.227 e. The number of aryl methyl sites for hydroxylation is 1. The Morgan fingerprint density at radius 1 is 1.03 bits per heavy atom. The lowest BCUT2D eigenvalue weighted by Gasteiger charge is -2.31. The lowest BCUT2D eigenvalue weighted by atomic mass is 10.1. The van der Waals surface area contributed by atoms with Crippen molar-refractivity contribution in [2.24, 2.45) is 0 Å². The summed E-state index contributed by atoms with van der Waals surface area (Å²) in [6.07, 6.45) is 0.379. The Balaban J connectivity index is 1.93. The molecule has 3 rings (SSSR count). The van der Waals surface area contributed by atoms with Gasteiger partial charge in [-0.2, -0.15) is 5.10 Å². The minimum Gasteiger partial charge on any atom is -0.439 e. The fourth-order valence-corrected chi connectivity index (χ4v) is 3.70. The monoisotopic (exact) mass is 465 g/mol. The standard InChI is InChI=1S/C28H39N3O3/c1-7-21(2)30(18-24(32)20-33-28(4,5)6)19-26-22(3)29-31(23-14-10-8-11-15-23)27(26)34-25-16-12-9-13-17-25/h8-17,21,24,32H,7,18-20H2,1-6H3/t21-,24+/m0/s1. The Morgan fingerprint density at radius 3 is 2.24 bits per heavy atom. The molecule has 0 aliphatic rings. The lowest BCUT2D eigenvalue weighted by Crippen LogP contribution is -2.41. The van der Waals surface area contributed by atoms with E-state index in [9.17, 15) is 5.11 Å². The zero-order valence-electron chi connectivity index (χ0n) is 21.4. The van der Waals surface area contributed by atoms with E-state index in [1.807, 2.05) is 93.0 Å². The number of aliphatic hydroxyl groups excluding tert-OH is 1. The summed E-state index contributed by atoms with van der Waals surface area (Å²) in [5.41, 5.74) is 2.57. The summed E-state index contributed by atoms with van der Waals surface area (Å²) < 4.78 is 14.1. The first kappa shape index (κ1) is 25.9. The number of aromatic nitrogens is 2. The first-order valence-electron chi connectivity index (χ1n) is 12.1. The molecule has 0 fully saturated rings. The summed E-state index contributed by atoms with van der Waals surface area (Å²) >= 11 is 0. The second-order valence-corrected chi connectivity index (χ2v) is 9.80. The van der Waals surface area contributed by atoms with Gasteiger partial charge < -0.3 is 14.6 Å². The van der Waals surface area contributed by atoms with E-state index in [2.05, 4.69) is 18.7 Å². The molecule has 34 heavy (non-hydrogen) atoms. The molecule has 0 bridgehead atoms. The number of benzene rings is 2. The van der Waals surface area contributed by atoms with E-state index in [0.717, 1.165) is 29.1 Å². The Bertz CT molecular complexity index is 1010. The van der Waals surface area contributed by atoms with Crippen molar-refractivity contribution in [1.82, 2.24) is 14.7 Å². The van der Waals surface area contributed by atoms with Crippen molar-refractivity contribution in [2.45, 2.75) is 72.3 Å². The number of rotatable bonds is 11. The van der Waals surface area contributed by atoms with Crippen molar-refractivity contribution in [2.75, 3.05) is 13.2 Å². The normalized spacial score (nSPS) is 13.8. The topological polar surface area (TPSA) is 59.8 Å². The van der Waals surface area contributed by atoms with Gasteiger partial charge in [-0.05, 0) is 65.3 Å². The molecular weight excluding hydrogens is 426 g/mol. The zero-order chi connectivity index (χ0) is 24.7. The quantitative estimate of drug-likeness (QED) is 0.391. The van der Waals surface area contributed by atoms with E-state index in [1.54, 1.807) is 0 Å². The van der Waals surface area contributed by atoms with Crippen LogP contribution in [0.2, 0.25) is 0 Å². The molecule has 6 heteroatoms. The maximum absolute atomic E-state index is 10.7. The maximum atomic E-state index is 10.7. The predicted octanol–water partition coefficient (Wildman–Crippen LogP) is 5.75. The van der Waals surface area contributed by atoms with Gasteiger partial charge in [-0.15, -0.1) is 0 Å². The lowest BCUT2D eigenvalue weighted by molar-refractivity contribution is -0.0593. The largest absolute Gasteiger partial charge is 0.439 e. The molecule has 1 aromatic heterocycles. The van der Waals surface area contributed by atoms with Gasteiger partial charge in [-0.25, -0.2) is 4.68 Å². The fourth-order valence-electron chi connectivity index (χ4n) is 3.70. The third kappa shape index (κ3) is 7.16. The van der Waals surface area contributed by atoms with Crippen LogP contribution in [0.5, 0.6) is 11.6 Å². The average Bonchev–Trinajstić information content (AvgIpc) is 3.12. The highest BCUT2D eigenvalue weighted by Crippen LogP contribution is 2.32. The highest BCUT2D eigenvalue weighted by molar-refractivity contribution is 5.43. The molecule has 0 aliphatic heterocycles. The van der Waals surface area contributed by atoms with Crippen molar-refractivity contribution in [3.63, 3.8) is 0 Å². The molecule has 0 unspecified atom stereocenters. The molecule has 0 saturated heterocycles. The van der Waals surface area contributed by atoms with Gasteiger partial charge in [0.15, 0.2) is 0 Å². The second-order valence-electron chi connectivity index (χ2n) is 9.80. The molecule has 184 valence electrons. The third-order valence-electron chi connectivity index (χ3n) is 5.83. The van der Waals surface area contributed by atoms with E-state index in [1.165, 1.54) is 0 Å². The summed E-state index contributed by atoms with van der Waals surface area (Å²) in [6, 6.07) is 20.1. The molecule has 0 spiro atoms. The molecule has 1 heterocycles. The third-order valence-corrected chi connectivity index (χ3v) is 5.83. The molecule has 6 nitrogen and oxygen atoms in total. The van der Waals surface area contributed by atoms with Crippen molar-refractivity contribution < 1.29 is 14.6 Å². The number of para-hydroxylation sites is 2. The molecule has 2 aromatic carbocycles. The number of hydrogen-bond acceptors (Lipinski definition) is 5. The molecular formula is C28H39N3O3. The van der Waals surface area contributed by atoms with Crippen LogP contribution in [0.25, 0.3) is 5.69 Å². The van der Waals surface area contributed by atoms with Crippen molar-refractivity contribution in [3.05, 3.63) is 71.9 Å². The van der Waals surface area contributed by atoms with E-state index in [4.69, 9.17) is 14.6 Å². The highest BCUT2D eigenvalue weighted by atomic mass is 16.5. The summed E-state index contributed by atoms with van der Waals surface area (Å²) in [5, 5.41) is 15.6. The molecule has 0 radical (unpaired) electrons. The first-order valence-corrected chi connectivity index (χ1v) is 12.1. The SMILES string of the molecule is CC[C@H](C)N(Cc1c(C)nn(-c2ccccc2)c1Oc1ccccc1)C[C@@H](O)COC(C)(C)C. The summed E-state index contributed by atoms with van der Waals surface area (Å²) in [7, 11) is 0. The van der Waals surface area contributed by atoms with E-state index in [0.29, 0.717) is 25.6 Å². The van der Waals surface area contributed by atoms with Crippen LogP contribution in [-0.2, 0) is 11.3 Å². The Hall–Kier alpha value is -2.67. The molecule has 3 aromatic rings. The molecule has 0 saturated carbocycles. The van der Waals surface area contributed by atoms with Crippen LogP contribution in [0.4, 0.5) is 0 Å². The number of aliphatic hydroxyl groups is 1. The summed E-state index contributed by atoms with van der Waals surface area (Å²) in [5.74, 6) is 1.46. The van der Waals surface area contributed by atoms with Crippen LogP contribution < -0.4 is 4.74 Å². The first-order chi connectivity index (χ1) is 16.2. The number of ether oxygens (including phenoxy) is 2. The van der Waals surface area contributed by atoms with Crippen LogP contribution in [0, 0.1) is 6.92 Å². The van der Waals surface area contributed by atoms with E-state index >= 15 is 0 Å². The zero-order valence-corrected chi connectivity index (χ0v) is 21.4.